The fraction of sp³-hybridized carbons (Fsp3) is 0.562. The molecule has 0 amide bonds. The predicted molar refractivity (Wildman–Crippen MR) is 99.1 cm³/mol. The van der Waals surface area contributed by atoms with Crippen LogP contribution in [0.25, 0.3) is 0 Å². The summed E-state index contributed by atoms with van der Waals surface area (Å²) in [4.78, 5) is 4.27. The van der Waals surface area contributed by atoms with Crippen molar-refractivity contribution in [2.45, 2.75) is 45.6 Å². The maximum Gasteiger partial charge on any atom is 0.191 e. The molecule has 1 aromatic carbocycles. The summed E-state index contributed by atoms with van der Waals surface area (Å²) in [5.74, 6) is 1.42. The van der Waals surface area contributed by atoms with Gasteiger partial charge in [0.25, 0.3) is 0 Å². The maximum absolute atomic E-state index is 4.27. The first kappa shape index (κ1) is 19.2. The van der Waals surface area contributed by atoms with Crippen LogP contribution in [0.5, 0.6) is 0 Å². The summed E-state index contributed by atoms with van der Waals surface area (Å²) in [6.45, 7) is 7.48. The third kappa shape index (κ3) is 6.59. The molecule has 0 aliphatic rings. The monoisotopic (exact) mass is 389 g/mol. The van der Waals surface area contributed by atoms with Crippen molar-refractivity contribution in [3.8, 4) is 0 Å². The van der Waals surface area contributed by atoms with Gasteiger partial charge >= 0.3 is 0 Å². The van der Waals surface area contributed by atoms with E-state index in [1.165, 1.54) is 5.56 Å². The summed E-state index contributed by atoms with van der Waals surface area (Å²) in [6, 6.07) is 11.1. The number of hydrogen-bond acceptors (Lipinski definition) is 1. The quantitative estimate of drug-likeness (QED) is 0.442. The second kappa shape index (κ2) is 10.9. The summed E-state index contributed by atoms with van der Waals surface area (Å²) < 4.78 is 0. The van der Waals surface area contributed by atoms with E-state index in [0.717, 1.165) is 25.3 Å². The lowest BCUT2D eigenvalue weighted by Gasteiger charge is -2.20. The maximum atomic E-state index is 4.27. The van der Waals surface area contributed by atoms with E-state index >= 15 is 0 Å². The van der Waals surface area contributed by atoms with Crippen molar-refractivity contribution < 1.29 is 0 Å². The van der Waals surface area contributed by atoms with E-state index < -0.39 is 0 Å². The highest BCUT2D eigenvalue weighted by Crippen LogP contribution is 2.17. The van der Waals surface area contributed by atoms with E-state index in [0.29, 0.717) is 12.0 Å². The topological polar surface area (TPSA) is 36.4 Å². The molecule has 0 aromatic heterocycles. The lowest BCUT2D eigenvalue weighted by molar-refractivity contribution is 0.597. The minimum atomic E-state index is 0. The Bertz CT molecular complexity index is 379. The van der Waals surface area contributed by atoms with Gasteiger partial charge in [-0.2, -0.15) is 0 Å². The number of benzene rings is 1. The number of guanidine groups is 1. The molecule has 0 saturated heterocycles. The number of halogens is 1. The van der Waals surface area contributed by atoms with Crippen molar-refractivity contribution in [2.75, 3.05) is 13.6 Å². The standard InChI is InChI=1S/C16H27N3.HI/c1-5-13(3)19-16(17-4)18-12-14(6-2)15-10-8-7-9-11-15;/h7-11,13-14H,5-6,12H2,1-4H3,(H2,17,18,19);1H. The van der Waals surface area contributed by atoms with Crippen LogP contribution in [0.1, 0.15) is 45.1 Å². The second-order valence-electron chi connectivity index (χ2n) is 4.92. The van der Waals surface area contributed by atoms with Crippen LogP contribution in [-0.2, 0) is 0 Å². The Morgan fingerprint density at radius 3 is 2.30 bits per heavy atom. The van der Waals surface area contributed by atoms with Gasteiger partial charge in [0.15, 0.2) is 5.96 Å². The third-order valence-electron chi connectivity index (χ3n) is 3.50. The Hall–Kier alpha value is -0.780. The summed E-state index contributed by atoms with van der Waals surface area (Å²) >= 11 is 0. The summed E-state index contributed by atoms with van der Waals surface area (Å²) in [7, 11) is 1.82. The van der Waals surface area contributed by atoms with Crippen LogP contribution in [0.15, 0.2) is 35.3 Å². The second-order valence-corrected chi connectivity index (χ2v) is 4.92. The molecule has 0 radical (unpaired) electrons. The molecule has 3 nitrogen and oxygen atoms in total. The van der Waals surface area contributed by atoms with Crippen molar-refractivity contribution in [3.05, 3.63) is 35.9 Å². The molecule has 0 spiro atoms. The Kier molecular flexibility index (Phi) is 10.5. The summed E-state index contributed by atoms with van der Waals surface area (Å²) in [5.41, 5.74) is 1.39. The van der Waals surface area contributed by atoms with Crippen LogP contribution in [-0.4, -0.2) is 25.6 Å². The highest BCUT2D eigenvalue weighted by molar-refractivity contribution is 14.0. The molecule has 0 aliphatic heterocycles. The molecule has 2 unspecified atom stereocenters. The first-order valence-corrected chi connectivity index (χ1v) is 7.23. The van der Waals surface area contributed by atoms with Crippen molar-refractivity contribution in [1.82, 2.24) is 10.6 Å². The van der Waals surface area contributed by atoms with Crippen LogP contribution in [0.4, 0.5) is 0 Å². The van der Waals surface area contributed by atoms with Crippen molar-refractivity contribution in [2.24, 2.45) is 4.99 Å². The Morgan fingerprint density at radius 2 is 1.80 bits per heavy atom. The molecule has 4 heteroatoms. The zero-order valence-electron chi connectivity index (χ0n) is 13.0. The van der Waals surface area contributed by atoms with Crippen LogP contribution in [0.2, 0.25) is 0 Å². The fourth-order valence-corrected chi connectivity index (χ4v) is 1.97. The molecule has 1 rings (SSSR count). The third-order valence-corrected chi connectivity index (χ3v) is 3.50. The van der Waals surface area contributed by atoms with Gasteiger partial charge in [-0.25, -0.2) is 0 Å². The smallest absolute Gasteiger partial charge is 0.191 e. The van der Waals surface area contributed by atoms with Gasteiger partial charge in [-0.1, -0.05) is 44.2 Å². The zero-order valence-corrected chi connectivity index (χ0v) is 15.3. The number of nitrogens with zero attached hydrogens (tertiary/aromatic N) is 1. The molecule has 0 heterocycles. The number of rotatable bonds is 6. The van der Waals surface area contributed by atoms with Gasteiger partial charge in [0.1, 0.15) is 0 Å². The highest BCUT2D eigenvalue weighted by Gasteiger charge is 2.10. The van der Waals surface area contributed by atoms with Gasteiger partial charge in [-0.05, 0) is 25.3 Å². The summed E-state index contributed by atoms with van der Waals surface area (Å²) in [5, 5.41) is 6.81. The SMILES string of the molecule is CCC(C)NC(=NC)NCC(CC)c1ccccc1.I. The molecule has 0 saturated carbocycles. The van der Waals surface area contributed by atoms with E-state index in [1.54, 1.807) is 0 Å². The first-order valence-electron chi connectivity index (χ1n) is 7.23. The van der Waals surface area contributed by atoms with Gasteiger partial charge in [0.05, 0.1) is 0 Å². The zero-order chi connectivity index (χ0) is 14.1. The fourth-order valence-electron chi connectivity index (χ4n) is 1.97. The average Bonchev–Trinajstić information content (AvgIpc) is 2.47. The van der Waals surface area contributed by atoms with Crippen LogP contribution in [0.3, 0.4) is 0 Å². The van der Waals surface area contributed by atoms with Crippen LogP contribution >= 0.6 is 24.0 Å². The van der Waals surface area contributed by atoms with E-state index in [2.05, 4.69) is 66.7 Å². The van der Waals surface area contributed by atoms with Crippen molar-refractivity contribution in [3.63, 3.8) is 0 Å². The molecular formula is C16H28IN3. The highest BCUT2D eigenvalue weighted by atomic mass is 127. The lowest BCUT2D eigenvalue weighted by Crippen LogP contribution is -2.43. The van der Waals surface area contributed by atoms with E-state index in [4.69, 9.17) is 0 Å². The molecule has 1 aromatic rings. The van der Waals surface area contributed by atoms with Gasteiger partial charge in [0.2, 0.25) is 0 Å². The molecule has 20 heavy (non-hydrogen) atoms. The minimum Gasteiger partial charge on any atom is -0.356 e. The van der Waals surface area contributed by atoms with Crippen LogP contribution in [0, 0.1) is 0 Å². The first-order chi connectivity index (χ1) is 9.21. The Balaban J connectivity index is 0.00000361. The molecule has 0 aliphatic carbocycles. The van der Waals surface area contributed by atoms with Crippen molar-refractivity contribution in [1.29, 1.82) is 0 Å². The minimum absolute atomic E-state index is 0. The van der Waals surface area contributed by atoms with Crippen LogP contribution < -0.4 is 10.6 Å². The molecule has 2 N–H and O–H groups in total. The Morgan fingerprint density at radius 1 is 1.15 bits per heavy atom. The molecule has 114 valence electrons. The number of aliphatic imine (C=N–C) groups is 1. The Labute approximate surface area is 140 Å². The van der Waals surface area contributed by atoms with E-state index in [-0.39, 0.29) is 24.0 Å². The van der Waals surface area contributed by atoms with Gasteiger partial charge in [-0.15, -0.1) is 24.0 Å². The van der Waals surface area contributed by atoms with Gasteiger partial charge < -0.3 is 10.6 Å². The van der Waals surface area contributed by atoms with E-state index in [1.807, 2.05) is 7.05 Å². The molecule has 2 atom stereocenters. The summed E-state index contributed by atoms with van der Waals surface area (Å²) in [6.07, 6.45) is 2.22. The van der Waals surface area contributed by atoms with Gasteiger partial charge in [0, 0.05) is 25.6 Å². The predicted octanol–water partition coefficient (Wildman–Crippen LogP) is 3.76. The van der Waals surface area contributed by atoms with Crippen molar-refractivity contribution >= 4 is 29.9 Å². The number of hydrogen-bond donors (Lipinski definition) is 2. The normalized spacial score (nSPS) is 14.1. The average molecular weight is 389 g/mol. The molecule has 0 bridgehead atoms. The molecular weight excluding hydrogens is 361 g/mol. The van der Waals surface area contributed by atoms with Gasteiger partial charge in [-0.3, -0.25) is 4.99 Å². The largest absolute Gasteiger partial charge is 0.356 e. The number of nitrogens with one attached hydrogen (secondary N) is 2. The lowest BCUT2D eigenvalue weighted by atomic mass is 9.97. The molecule has 0 fully saturated rings. The van der Waals surface area contributed by atoms with E-state index in [9.17, 15) is 0 Å².